The van der Waals surface area contributed by atoms with E-state index in [9.17, 15) is 9.59 Å². The quantitative estimate of drug-likeness (QED) is 0.579. The highest BCUT2D eigenvalue weighted by Gasteiger charge is 2.21. The standard InChI is InChI=1S/C24H40N4O2/c1-6-27(7-2)16-13-25-23(30)20-17-19(26-22(29)18-24(3,4)5)11-12-21(20)28-14-9-8-10-15-28/h11-12,17H,6-10,13-16,18H2,1-5H3,(H,25,30)(H,26,29)/p+1. The zero-order valence-corrected chi connectivity index (χ0v) is 19.6. The van der Waals surface area contributed by atoms with E-state index in [1.54, 1.807) is 0 Å². The van der Waals surface area contributed by atoms with Gasteiger partial charge in [0.05, 0.1) is 31.7 Å². The Bertz CT molecular complexity index is 702. The van der Waals surface area contributed by atoms with Crippen LogP contribution < -0.4 is 20.4 Å². The van der Waals surface area contributed by atoms with Gasteiger partial charge < -0.3 is 20.4 Å². The van der Waals surface area contributed by atoms with Crippen molar-refractivity contribution in [3.63, 3.8) is 0 Å². The van der Waals surface area contributed by atoms with Crippen LogP contribution in [0.2, 0.25) is 0 Å². The molecule has 1 fully saturated rings. The predicted octanol–water partition coefficient (Wildman–Crippen LogP) is 2.71. The fourth-order valence-corrected chi connectivity index (χ4v) is 3.94. The van der Waals surface area contributed by atoms with Gasteiger partial charge in [0.25, 0.3) is 5.91 Å². The summed E-state index contributed by atoms with van der Waals surface area (Å²) < 4.78 is 0. The molecular formula is C24H41N4O2+. The van der Waals surface area contributed by atoms with E-state index < -0.39 is 0 Å². The largest absolute Gasteiger partial charge is 0.371 e. The van der Waals surface area contributed by atoms with Crippen molar-refractivity contribution in [2.24, 2.45) is 5.41 Å². The van der Waals surface area contributed by atoms with E-state index in [1.807, 2.05) is 39.0 Å². The number of carbonyl (C=O) groups is 2. The molecule has 1 aromatic carbocycles. The van der Waals surface area contributed by atoms with Gasteiger partial charge in [-0.25, -0.2) is 0 Å². The minimum Gasteiger partial charge on any atom is -0.371 e. The van der Waals surface area contributed by atoms with Crippen LogP contribution in [0.5, 0.6) is 0 Å². The number of nitrogens with zero attached hydrogens (tertiary/aromatic N) is 1. The zero-order valence-electron chi connectivity index (χ0n) is 19.6. The Morgan fingerprint density at radius 3 is 2.33 bits per heavy atom. The van der Waals surface area contributed by atoms with Crippen LogP contribution in [0.15, 0.2) is 18.2 Å². The first kappa shape index (κ1) is 24.2. The highest BCUT2D eigenvalue weighted by atomic mass is 16.2. The van der Waals surface area contributed by atoms with Crippen molar-refractivity contribution in [1.29, 1.82) is 0 Å². The minimum atomic E-state index is -0.0786. The van der Waals surface area contributed by atoms with Gasteiger partial charge >= 0.3 is 0 Å². The third-order valence-electron chi connectivity index (χ3n) is 5.68. The van der Waals surface area contributed by atoms with E-state index in [2.05, 4.69) is 29.4 Å². The molecule has 2 amide bonds. The average molecular weight is 418 g/mol. The molecule has 0 bridgehead atoms. The molecule has 1 heterocycles. The van der Waals surface area contributed by atoms with Gasteiger partial charge in [-0.1, -0.05) is 20.8 Å². The van der Waals surface area contributed by atoms with Crippen LogP contribution in [0.3, 0.4) is 0 Å². The fourth-order valence-electron chi connectivity index (χ4n) is 3.94. The average Bonchev–Trinajstić information content (AvgIpc) is 2.70. The third kappa shape index (κ3) is 7.63. The molecule has 0 radical (unpaired) electrons. The molecule has 0 spiro atoms. The van der Waals surface area contributed by atoms with Crippen molar-refractivity contribution in [1.82, 2.24) is 5.32 Å². The Balaban J connectivity index is 2.17. The number of amides is 2. The van der Waals surface area contributed by atoms with Crippen molar-refractivity contribution in [2.45, 2.75) is 60.3 Å². The molecule has 30 heavy (non-hydrogen) atoms. The third-order valence-corrected chi connectivity index (χ3v) is 5.68. The number of benzene rings is 1. The lowest BCUT2D eigenvalue weighted by atomic mass is 9.92. The van der Waals surface area contributed by atoms with Crippen LogP contribution in [0, 0.1) is 5.41 Å². The number of hydrogen-bond donors (Lipinski definition) is 3. The fraction of sp³-hybridized carbons (Fsp3) is 0.667. The van der Waals surface area contributed by atoms with Gasteiger partial charge in [0, 0.05) is 30.9 Å². The van der Waals surface area contributed by atoms with Crippen molar-refractivity contribution in [3.8, 4) is 0 Å². The van der Waals surface area contributed by atoms with E-state index in [-0.39, 0.29) is 17.2 Å². The minimum absolute atomic E-state index is 0.0234. The second-order valence-electron chi connectivity index (χ2n) is 9.53. The summed E-state index contributed by atoms with van der Waals surface area (Å²) in [6, 6.07) is 5.74. The normalized spacial score (nSPS) is 14.7. The summed E-state index contributed by atoms with van der Waals surface area (Å²) in [5.41, 5.74) is 2.23. The van der Waals surface area contributed by atoms with Crippen molar-refractivity contribution < 1.29 is 14.5 Å². The summed E-state index contributed by atoms with van der Waals surface area (Å²) in [5.74, 6) is -0.0845. The molecule has 2 rings (SSSR count). The first-order valence-corrected chi connectivity index (χ1v) is 11.5. The second kappa shape index (κ2) is 11.3. The summed E-state index contributed by atoms with van der Waals surface area (Å²) in [5, 5.41) is 6.07. The number of piperidine rings is 1. The molecule has 0 saturated carbocycles. The van der Waals surface area contributed by atoms with E-state index in [1.165, 1.54) is 11.3 Å². The Labute approximate surface area is 182 Å². The van der Waals surface area contributed by atoms with E-state index in [0.717, 1.165) is 51.3 Å². The smallest absolute Gasteiger partial charge is 0.253 e. The molecule has 0 aromatic heterocycles. The van der Waals surface area contributed by atoms with E-state index in [0.29, 0.717) is 24.2 Å². The molecule has 1 aliphatic heterocycles. The lowest BCUT2D eigenvalue weighted by Gasteiger charge is -2.30. The predicted molar refractivity (Wildman–Crippen MR) is 124 cm³/mol. The van der Waals surface area contributed by atoms with E-state index in [4.69, 9.17) is 0 Å². The second-order valence-corrected chi connectivity index (χ2v) is 9.53. The number of rotatable bonds is 9. The van der Waals surface area contributed by atoms with Crippen LogP contribution in [-0.2, 0) is 4.79 Å². The highest BCUT2D eigenvalue weighted by molar-refractivity contribution is 6.02. The number of anilines is 2. The van der Waals surface area contributed by atoms with Crippen LogP contribution in [-0.4, -0.2) is 51.1 Å². The molecule has 168 valence electrons. The molecule has 0 aliphatic carbocycles. The van der Waals surface area contributed by atoms with Crippen molar-refractivity contribution in [2.75, 3.05) is 49.5 Å². The summed E-state index contributed by atoms with van der Waals surface area (Å²) >= 11 is 0. The van der Waals surface area contributed by atoms with Gasteiger partial charge in [0.15, 0.2) is 0 Å². The number of quaternary nitrogens is 1. The van der Waals surface area contributed by atoms with E-state index >= 15 is 0 Å². The number of hydrogen-bond acceptors (Lipinski definition) is 3. The lowest BCUT2D eigenvalue weighted by molar-refractivity contribution is -0.895. The summed E-state index contributed by atoms with van der Waals surface area (Å²) in [7, 11) is 0. The molecule has 1 saturated heterocycles. The molecule has 1 aromatic rings. The van der Waals surface area contributed by atoms with Crippen molar-refractivity contribution >= 4 is 23.2 Å². The Hall–Kier alpha value is -2.08. The Morgan fingerprint density at radius 1 is 1.07 bits per heavy atom. The van der Waals surface area contributed by atoms with Gasteiger partial charge in [-0.05, 0) is 56.7 Å². The molecule has 0 atom stereocenters. The van der Waals surface area contributed by atoms with Gasteiger partial charge in [-0.15, -0.1) is 0 Å². The maximum atomic E-state index is 13.1. The number of likely N-dealkylation sites (N-methyl/N-ethyl adjacent to an activating group) is 1. The monoisotopic (exact) mass is 417 g/mol. The number of carbonyl (C=O) groups excluding carboxylic acids is 2. The Kier molecular flexibility index (Phi) is 9.15. The molecular weight excluding hydrogens is 376 g/mol. The molecule has 3 N–H and O–H groups in total. The van der Waals surface area contributed by atoms with Crippen LogP contribution in [0.1, 0.15) is 70.7 Å². The summed E-state index contributed by atoms with van der Waals surface area (Å²) in [6.07, 6.45) is 3.98. The van der Waals surface area contributed by atoms with Gasteiger partial charge in [0.1, 0.15) is 0 Å². The maximum Gasteiger partial charge on any atom is 0.253 e. The zero-order chi connectivity index (χ0) is 22.1. The molecule has 0 unspecified atom stereocenters. The van der Waals surface area contributed by atoms with Crippen LogP contribution in [0.25, 0.3) is 0 Å². The first-order chi connectivity index (χ1) is 14.2. The SMILES string of the molecule is CC[NH+](CC)CCNC(=O)c1cc(NC(=O)CC(C)(C)C)ccc1N1CCCCC1. The topological polar surface area (TPSA) is 65.9 Å². The van der Waals surface area contributed by atoms with Crippen LogP contribution >= 0.6 is 0 Å². The molecule has 1 aliphatic rings. The highest BCUT2D eigenvalue weighted by Crippen LogP contribution is 2.28. The maximum absolute atomic E-state index is 13.1. The molecule has 6 heteroatoms. The lowest BCUT2D eigenvalue weighted by Crippen LogP contribution is -3.12. The molecule has 6 nitrogen and oxygen atoms in total. The van der Waals surface area contributed by atoms with Crippen LogP contribution in [0.4, 0.5) is 11.4 Å². The Morgan fingerprint density at radius 2 is 1.73 bits per heavy atom. The first-order valence-electron chi connectivity index (χ1n) is 11.5. The van der Waals surface area contributed by atoms with Gasteiger partial charge in [-0.2, -0.15) is 0 Å². The van der Waals surface area contributed by atoms with Crippen molar-refractivity contribution in [3.05, 3.63) is 23.8 Å². The summed E-state index contributed by atoms with van der Waals surface area (Å²) in [6.45, 7) is 16.1. The van der Waals surface area contributed by atoms with Gasteiger partial charge in [0.2, 0.25) is 5.91 Å². The summed E-state index contributed by atoms with van der Waals surface area (Å²) in [4.78, 5) is 29.2. The van der Waals surface area contributed by atoms with Gasteiger partial charge in [-0.3, -0.25) is 9.59 Å². The number of nitrogens with one attached hydrogen (secondary N) is 3.